The standard InChI is InChI=1S/C28H29N3O4/c1-19-7-5-10-24(13-19)35-18-22(32)17-31-26-12-4-3-11-25(26)29-28(31)20-14-27(33)30(16-20)21-8-6-9-23(15-21)34-2/h3-13,15,20,22,32H,14,16-18H2,1-2H3/t20-,22+/m0/s1. The van der Waals surface area contributed by atoms with Gasteiger partial charge >= 0.3 is 0 Å². The molecule has 180 valence electrons. The van der Waals surface area contributed by atoms with Gasteiger partial charge in [-0.15, -0.1) is 0 Å². The van der Waals surface area contributed by atoms with Gasteiger partial charge in [-0.1, -0.05) is 30.3 Å². The molecule has 0 bridgehead atoms. The second-order valence-corrected chi connectivity index (χ2v) is 8.96. The van der Waals surface area contributed by atoms with Gasteiger partial charge in [0.2, 0.25) is 5.91 Å². The number of aliphatic hydroxyl groups excluding tert-OH is 1. The lowest BCUT2D eigenvalue weighted by Gasteiger charge is -2.19. The Bertz CT molecular complexity index is 1350. The highest BCUT2D eigenvalue weighted by atomic mass is 16.5. The number of nitrogens with zero attached hydrogens (tertiary/aromatic N) is 3. The number of aryl methyl sites for hydroxylation is 1. The molecule has 0 saturated carbocycles. The lowest BCUT2D eigenvalue weighted by Crippen LogP contribution is -2.26. The molecule has 1 N–H and O–H groups in total. The van der Waals surface area contributed by atoms with E-state index in [2.05, 4.69) is 0 Å². The molecular formula is C28H29N3O4. The Morgan fingerprint density at radius 2 is 1.86 bits per heavy atom. The molecule has 35 heavy (non-hydrogen) atoms. The highest BCUT2D eigenvalue weighted by Gasteiger charge is 2.35. The predicted molar refractivity (Wildman–Crippen MR) is 135 cm³/mol. The summed E-state index contributed by atoms with van der Waals surface area (Å²) < 4.78 is 13.2. The fourth-order valence-electron chi connectivity index (χ4n) is 4.67. The molecule has 1 amide bonds. The van der Waals surface area contributed by atoms with E-state index in [1.54, 1.807) is 12.0 Å². The normalized spacial score (nSPS) is 16.6. The lowest BCUT2D eigenvalue weighted by molar-refractivity contribution is -0.117. The van der Waals surface area contributed by atoms with Crippen molar-refractivity contribution in [3.8, 4) is 11.5 Å². The van der Waals surface area contributed by atoms with Crippen molar-refractivity contribution >= 4 is 22.6 Å². The van der Waals surface area contributed by atoms with Gasteiger partial charge in [0, 0.05) is 30.6 Å². The Hall–Kier alpha value is -3.84. The van der Waals surface area contributed by atoms with Crippen molar-refractivity contribution in [3.63, 3.8) is 0 Å². The van der Waals surface area contributed by atoms with E-state index in [4.69, 9.17) is 14.5 Å². The van der Waals surface area contributed by atoms with Gasteiger partial charge in [0.25, 0.3) is 0 Å². The first-order chi connectivity index (χ1) is 17.0. The number of para-hydroxylation sites is 2. The van der Waals surface area contributed by atoms with Crippen molar-refractivity contribution in [1.29, 1.82) is 0 Å². The SMILES string of the molecule is COc1cccc(N2C[C@@H](c3nc4ccccc4n3C[C@@H](O)COc3cccc(C)c3)CC2=O)c1. The van der Waals surface area contributed by atoms with Gasteiger partial charge in [-0.2, -0.15) is 0 Å². The maximum absolute atomic E-state index is 13.0. The molecule has 0 radical (unpaired) electrons. The van der Waals surface area contributed by atoms with Crippen molar-refractivity contribution in [2.75, 3.05) is 25.2 Å². The molecule has 0 aliphatic carbocycles. The number of carbonyl (C=O) groups is 1. The second-order valence-electron chi connectivity index (χ2n) is 8.96. The van der Waals surface area contributed by atoms with E-state index in [0.717, 1.165) is 33.9 Å². The van der Waals surface area contributed by atoms with Crippen molar-refractivity contribution in [2.45, 2.75) is 31.9 Å². The minimum atomic E-state index is -0.738. The van der Waals surface area contributed by atoms with Crippen LogP contribution in [0.25, 0.3) is 11.0 Å². The molecule has 7 heteroatoms. The van der Waals surface area contributed by atoms with Crippen LogP contribution in [0.4, 0.5) is 5.69 Å². The molecule has 0 unspecified atom stereocenters. The number of rotatable bonds is 8. The summed E-state index contributed by atoms with van der Waals surface area (Å²) in [4.78, 5) is 19.6. The number of hydrogen-bond donors (Lipinski definition) is 1. The Morgan fingerprint density at radius 3 is 2.69 bits per heavy atom. The molecule has 0 spiro atoms. The molecule has 5 rings (SSSR count). The smallest absolute Gasteiger partial charge is 0.227 e. The number of hydrogen-bond acceptors (Lipinski definition) is 5. The van der Waals surface area contributed by atoms with E-state index in [1.807, 2.05) is 84.3 Å². The van der Waals surface area contributed by atoms with Crippen molar-refractivity contribution in [1.82, 2.24) is 9.55 Å². The molecular weight excluding hydrogens is 442 g/mol. The number of fused-ring (bicyclic) bond motifs is 1. The fourth-order valence-corrected chi connectivity index (χ4v) is 4.67. The van der Waals surface area contributed by atoms with Crippen LogP contribution in [0.15, 0.2) is 72.8 Å². The number of methoxy groups -OCH3 is 1. The zero-order valence-electron chi connectivity index (χ0n) is 19.9. The zero-order valence-corrected chi connectivity index (χ0v) is 19.9. The van der Waals surface area contributed by atoms with Crippen LogP contribution in [0.5, 0.6) is 11.5 Å². The van der Waals surface area contributed by atoms with Crippen LogP contribution in [0, 0.1) is 6.92 Å². The highest BCUT2D eigenvalue weighted by Crippen LogP contribution is 2.34. The van der Waals surface area contributed by atoms with Crippen LogP contribution in [-0.4, -0.2) is 46.9 Å². The third kappa shape index (κ3) is 4.86. The third-order valence-corrected chi connectivity index (χ3v) is 6.36. The molecule has 7 nitrogen and oxygen atoms in total. The largest absolute Gasteiger partial charge is 0.497 e. The molecule has 2 atom stereocenters. The van der Waals surface area contributed by atoms with Gasteiger partial charge in [0.1, 0.15) is 30.0 Å². The van der Waals surface area contributed by atoms with E-state index < -0.39 is 6.10 Å². The van der Waals surface area contributed by atoms with Crippen LogP contribution >= 0.6 is 0 Å². The van der Waals surface area contributed by atoms with Crippen LogP contribution in [0.3, 0.4) is 0 Å². The molecule has 1 saturated heterocycles. The minimum absolute atomic E-state index is 0.0465. The third-order valence-electron chi connectivity index (χ3n) is 6.36. The van der Waals surface area contributed by atoms with Crippen LogP contribution in [0.1, 0.15) is 23.7 Å². The van der Waals surface area contributed by atoms with E-state index in [0.29, 0.717) is 25.3 Å². The van der Waals surface area contributed by atoms with Gasteiger partial charge in [-0.25, -0.2) is 4.98 Å². The Balaban J connectivity index is 1.38. The van der Waals surface area contributed by atoms with Crippen molar-refractivity contribution in [2.24, 2.45) is 0 Å². The fraction of sp³-hybridized carbons (Fsp3) is 0.286. The number of amides is 1. The van der Waals surface area contributed by atoms with E-state index in [1.165, 1.54) is 0 Å². The predicted octanol–water partition coefficient (Wildman–Crippen LogP) is 4.31. The number of aliphatic hydroxyl groups is 1. The summed E-state index contributed by atoms with van der Waals surface area (Å²) in [5.41, 5.74) is 3.70. The first-order valence-corrected chi connectivity index (χ1v) is 11.8. The number of ether oxygens (including phenoxy) is 2. The van der Waals surface area contributed by atoms with Gasteiger partial charge in [-0.05, 0) is 48.9 Å². The molecule has 4 aromatic rings. The summed E-state index contributed by atoms with van der Waals surface area (Å²) in [5, 5.41) is 10.9. The number of aromatic nitrogens is 2. The molecule has 1 fully saturated rings. The zero-order chi connectivity index (χ0) is 24.4. The Labute approximate surface area is 204 Å². The maximum atomic E-state index is 13.0. The average molecular weight is 472 g/mol. The van der Waals surface area contributed by atoms with Gasteiger partial charge < -0.3 is 24.0 Å². The van der Waals surface area contributed by atoms with E-state index in [-0.39, 0.29) is 18.4 Å². The maximum Gasteiger partial charge on any atom is 0.227 e. The highest BCUT2D eigenvalue weighted by molar-refractivity contribution is 5.96. The monoisotopic (exact) mass is 471 g/mol. The van der Waals surface area contributed by atoms with Crippen LogP contribution < -0.4 is 14.4 Å². The summed E-state index contributed by atoms with van der Waals surface area (Å²) >= 11 is 0. The summed E-state index contributed by atoms with van der Waals surface area (Å²) in [5.74, 6) is 2.20. The first-order valence-electron chi connectivity index (χ1n) is 11.8. The average Bonchev–Trinajstić information content (AvgIpc) is 3.43. The lowest BCUT2D eigenvalue weighted by atomic mass is 10.1. The second kappa shape index (κ2) is 9.80. The quantitative estimate of drug-likeness (QED) is 0.414. The number of imidazole rings is 1. The van der Waals surface area contributed by atoms with Gasteiger partial charge in [0.15, 0.2) is 0 Å². The van der Waals surface area contributed by atoms with Crippen molar-refractivity contribution < 1.29 is 19.4 Å². The molecule has 1 aliphatic rings. The number of benzene rings is 3. The van der Waals surface area contributed by atoms with Crippen molar-refractivity contribution in [3.05, 3.63) is 84.2 Å². The first kappa shape index (κ1) is 22.9. The van der Waals surface area contributed by atoms with Gasteiger partial charge in [-0.3, -0.25) is 4.79 Å². The summed E-state index contributed by atoms with van der Waals surface area (Å²) in [6, 6.07) is 23.2. The number of anilines is 1. The molecule has 1 aromatic heterocycles. The minimum Gasteiger partial charge on any atom is -0.497 e. The molecule has 1 aliphatic heterocycles. The summed E-state index contributed by atoms with van der Waals surface area (Å²) in [6.45, 7) is 3.01. The van der Waals surface area contributed by atoms with E-state index >= 15 is 0 Å². The molecule has 2 heterocycles. The van der Waals surface area contributed by atoms with Crippen LogP contribution in [0.2, 0.25) is 0 Å². The molecule has 3 aromatic carbocycles. The Kier molecular flexibility index (Phi) is 6.42. The topological polar surface area (TPSA) is 76.8 Å². The van der Waals surface area contributed by atoms with E-state index in [9.17, 15) is 9.90 Å². The Morgan fingerprint density at radius 1 is 1.06 bits per heavy atom. The van der Waals surface area contributed by atoms with Crippen LogP contribution in [-0.2, 0) is 11.3 Å². The summed E-state index contributed by atoms with van der Waals surface area (Å²) in [7, 11) is 1.62. The van der Waals surface area contributed by atoms with Gasteiger partial charge in [0.05, 0.1) is 24.7 Å². The summed E-state index contributed by atoms with van der Waals surface area (Å²) in [6.07, 6.45) is -0.380. The number of carbonyl (C=O) groups excluding carboxylic acids is 1.